The highest BCUT2D eigenvalue weighted by atomic mass is 16.5. The molecule has 1 aromatic heterocycles. The number of pyridine rings is 1. The summed E-state index contributed by atoms with van der Waals surface area (Å²) in [7, 11) is 1.25. The van der Waals surface area contributed by atoms with Crippen LogP contribution in [0.3, 0.4) is 0 Å². The molecule has 0 amide bonds. The van der Waals surface area contributed by atoms with E-state index in [9.17, 15) is 9.59 Å². The third kappa shape index (κ3) is 4.81. The molecule has 126 valence electrons. The van der Waals surface area contributed by atoms with Gasteiger partial charge in [-0.05, 0) is 42.8 Å². The van der Waals surface area contributed by atoms with E-state index in [1.165, 1.54) is 19.2 Å². The van der Waals surface area contributed by atoms with Crippen molar-refractivity contribution in [2.24, 2.45) is 0 Å². The van der Waals surface area contributed by atoms with Crippen LogP contribution in [0.1, 0.15) is 40.7 Å². The van der Waals surface area contributed by atoms with Gasteiger partial charge in [-0.2, -0.15) is 0 Å². The van der Waals surface area contributed by atoms with Gasteiger partial charge in [0.2, 0.25) is 0 Å². The molecule has 0 atom stereocenters. The number of esters is 2. The largest absolute Gasteiger partial charge is 0.494 e. The Kier molecular flexibility index (Phi) is 6.31. The van der Waals surface area contributed by atoms with Crippen molar-refractivity contribution in [2.75, 3.05) is 13.7 Å². The average Bonchev–Trinajstić information content (AvgIpc) is 2.62. The van der Waals surface area contributed by atoms with E-state index in [0.717, 1.165) is 12.8 Å². The van der Waals surface area contributed by atoms with E-state index in [1.807, 2.05) is 0 Å². The van der Waals surface area contributed by atoms with E-state index in [4.69, 9.17) is 9.47 Å². The van der Waals surface area contributed by atoms with Crippen molar-refractivity contribution in [3.8, 4) is 11.5 Å². The van der Waals surface area contributed by atoms with Crippen molar-refractivity contribution in [1.82, 2.24) is 4.98 Å². The lowest BCUT2D eigenvalue weighted by Gasteiger charge is -2.07. The Hall–Kier alpha value is -2.89. The van der Waals surface area contributed by atoms with Crippen LogP contribution in [0.5, 0.6) is 11.5 Å². The quantitative estimate of drug-likeness (QED) is 0.441. The highest BCUT2D eigenvalue weighted by Gasteiger charge is 2.14. The topological polar surface area (TPSA) is 74.7 Å². The van der Waals surface area contributed by atoms with Gasteiger partial charge in [0.05, 0.1) is 13.7 Å². The van der Waals surface area contributed by atoms with Crippen molar-refractivity contribution in [3.05, 3.63) is 53.9 Å². The standard InChI is InChI=1S/C18H19NO5/c1-3-4-12-23-13-8-10-14(11-9-13)24-18(21)16-7-5-6-15(19-16)17(20)22-2/h5-11H,3-4,12H2,1-2H3. The van der Waals surface area contributed by atoms with Crippen LogP contribution >= 0.6 is 0 Å². The van der Waals surface area contributed by atoms with Gasteiger partial charge < -0.3 is 14.2 Å². The number of ether oxygens (including phenoxy) is 3. The van der Waals surface area contributed by atoms with Gasteiger partial charge in [0.15, 0.2) is 0 Å². The fourth-order valence-corrected chi connectivity index (χ4v) is 1.86. The molecule has 1 aromatic carbocycles. The summed E-state index contributed by atoms with van der Waals surface area (Å²) in [5.74, 6) is -0.180. The second kappa shape index (κ2) is 8.67. The predicted molar refractivity (Wildman–Crippen MR) is 87.4 cm³/mol. The summed E-state index contributed by atoms with van der Waals surface area (Å²) in [5, 5.41) is 0. The second-order valence-corrected chi connectivity index (χ2v) is 4.96. The third-order valence-corrected chi connectivity index (χ3v) is 3.15. The molecule has 0 N–H and O–H groups in total. The van der Waals surface area contributed by atoms with Crippen molar-refractivity contribution in [1.29, 1.82) is 0 Å². The maximum absolute atomic E-state index is 12.1. The Morgan fingerprint density at radius 2 is 1.58 bits per heavy atom. The van der Waals surface area contributed by atoms with E-state index in [-0.39, 0.29) is 11.4 Å². The third-order valence-electron chi connectivity index (χ3n) is 3.15. The minimum Gasteiger partial charge on any atom is -0.494 e. The molecule has 0 spiro atoms. The summed E-state index contributed by atoms with van der Waals surface area (Å²) < 4.78 is 15.4. The average molecular weight is 329 g/mol. The molecule has 0 unspecified atom stereocenters. The summed E-state index contributed by atoms with van der Waals surface area (Å²) in [6.07, 6.45) is 2.05. The van der Waals surface area contributed by atoms with Crippen LogP contribution in [0.2, 0.25) is 0 Å². The normalized spacial score (nSPS) is 10.1. The molecule has 0 aliphatic rings. The number of rotatable bonds is 7. The van der Waals surface area contributed by atoms with Crippen LogP contribution in [-0.4, -0.2) is 30.6 Å². The first-order valence-corrected chi connectivity index (χ1v) is 7.64. The van der Waals surface area contributed by atoms with E-state index < -0.39 is 11.9 Å². The van der Waals surface area contributed by atoms with Crippen molar-refractivity contribution in [3.63, 3.8) is 0 Å². The van der Waals surface area contributed by atoms with Crippen molar-refractivity contribution < 1.29 is 23.8 Å². The summed E-state index contributed by atoms with van der Waals surface area (Å²) in [4.78, 5) is 27.5. The molecule has 0 radical (unpaired) electrons. The van der Waals surface area contributed by atoms with Crippen LogP contribution in [0.25, 0.3) is 0 Å². The molecule has 0 fully saturated rings. The van der Waals surface area contributed by atoms with Gasteiger partial charge >= 0.3 is 11.9 Å². The summed E-state index contributed by atoms with van der Waals surface area (Å²) >= 11 is 0. The van der Waals surface area contributed by atoms with Gasteiger partial charge in [-0.3, -0.25) is 0 Å². The Morgan fingerprint density at radius 3 is 2.21 bits per heavy atom. The lowest BCUT2D eigenvalue weighted by atomic mass is 10.3. The van der Waals surface area contributed by atoms with Crippen LogP contribution in [0, 0.1) is 0 Å². The fourth-order valence-electron chi connectivity index (χ4n) is 1.86. The number of carbonyl (C=O) groups excluding carboxylic acids is 2. The Bertz CT molecular complexity index is 697. The molecule has 6 nitrogen and oxygen atoms in total. The van der Waals surface area contributed by atoms with E-state index >= 15 is 0 Å². The Morgan fingerprint density at radius 1 is 0.958 bits per heavy atom. The van der Waals surface area contributed by atoms with Crippen LogP contribution < -0.4 is 9.47 Å². The number of hydrogen-bond acceptors (Lipinski definition) is 6. The lowest BCUT2D eigenvalue weighted by Crippen LogP contribution is -2.13. The van der Waals surface area contributed by atoms with E-state index in [1.54, 1.807) is 30.3 Å². The fraction of sp³-hybridized carbons (Fsp3) is 0.278. The number of benzene rings is 1. The van der Waals surface area contributed by atoms with Crippen molar-refractivity contribution in [2.45, 2.75) is 19.8 Å². The monoisotopic (exact) mass is 329 g/mol. The lowest BCUT2D eigenvalue weighted by molar-refractivity contribution is 0.0593. The maximum atomic E-state index is 12.1. The number of unbranched alkanes of at least 4 members (excludes halogenated alkanes) is 1. The van der Waals surface area contributed by atoms with E-state index in [2.05, 4.69) is 16.6 Å². The van der Waals surface area contributed by atoms with Crippen LogP contribution in [-0.2, 0) is 4.74 Å². The first-order chi connectivity index (χ1) is 11.6. The highest BCUT2D eigenvalue weighted by molar-refractivity contribution is 5.92. The Labute approximate surface area is 140 Å². The smallest absolute Gasteiger partial charge is 0.362 e. The number of nitrogens with zero attached hydrogens (tertiary/aromatic N) is 1. The molecule has 6 heteroatoms. The molecular formula is C18H19NO5. The zero-order valence-corrected chi connectivity index (χ0v) is 13.7. The van der Waals surface area contributed by atoms with Crippen molar-refractivity contribution >= 4 is 11.9 Å². The van der Waals surface area contributed by atoms with Gasteiger partial charge in [-0.15, -0.1) is 0 Å². The molecular weight excluding hydrogens is 310 g/mol. The minimum absolute atomic E-state index is 0.0289. The first-order valence-electron chi connectivity index (χ1n) is 7.64. The van der Waals surface area contributed by atoms with Gasteiger partial charge in [0.1, 0.15) is 22.9 Å². The second-order valence-electron chi connectivity index (χ2n) is 4.96. The zero-order valence-electron chi connectivity index (χ0n) is 13.7. The molecule has 2 aromatic rings. The Balaban J connectivity index is 2.00. The number of methoxy groups -OCH3 is 1. The summed E-state index contributed by atoms with van der Waals surface area (Å²) in [6, 6.07) is 11.2. The number of aromatic nitrogens is 1. The summed E-state index contributed by atoms with van der Waals surface area (Å²) in [6.45, 7) is 2.75. The van der Waals surface area contributed by atoms with Crippen LogP contribution in [0.15, 0.2) is 42.5 Å². The molecule has 2 rings (SSSR count). The van der Waals surface area contributed by atoms with Gasteiger partial charge in [0.25, 0.3) is 0 Å². The van der Waals surface area contributed by atoms with Gasteiger partial charge in [0, 0.05) is 0 Å². The molecule has 0 bridgehead atoms. The molecule has 0 saturated heterocycles. The van der Waals surface area contributed by atoms with E-state index in [0.29, 0.717) is 18.1 Å². The highest BCUT2D eigenvalue weighted by Crippen LogP contribution is 2.19. The molecule has 0 aliphatic heterocycles. The minimum atomic E-state index is -0.652. The molecule has 0 aliphatic carbocycles. The molecule has 0 saturated carbocycles. The predicted octanol–water partition coefficient (Wildman–Crippen LogP) is 3.27. The first kappa shape index (κ1) is 17.5. The number of hydrogen-bond donors (Lipinski definition) is 0. The van der Waals surface area contributed by atoms with Gasteiger partial charge in [-0.25, -0.2) is 14.6 Å². The summed E-state index contributed by atoms with van der Waals surface area (Å²) in [5.41, 5.74) is 0.0767. The maximum Gasteiger partial charge on any atom is 0.362 e. The molecule has 1 heterocycles. The van der Waals surface area contributed by atoms with Crippen LogP contribution in [0.4, 0.5) is 0 Å². The zero-order chi connectivity index (χ0) is 17.4. The van der Waals surface area contributed by atoms with Gasteiger partial charge in [-0.1, -0.05) is 19.4 Å². The number of carbonyl (C=O) groups is 2. The molecule has 24 heavy (non-hydrogen) atoms. The SMILES string of the molecule is CCCCOc1ccc(OC(=O)c2cccc(C(=O)OC)n2)cc1.